The molecule has 0 fully saturated rings. The van der Waals surface area contributed by atoms with Crippen LogP contribution in [0.15, 0.2) is 132 Å². The Morgan fingerprint density at radius 1 is 0.500 bits per heavy atom. The fourth-order valence-electron chi connectivity index (χ4n) is 6.07. The average Bonchev–Trinajstić information content (AvgIpc) is 3.59. The zero-order valence-corrected chi connectivity index (χ0v) is 22.2. The zero-order valence-electron chi connectivity index (χ0n) is 21.4. The Labute approximate surface area is 235 Å². The molecule has 0 unspecified atom stereocenters. The number of thiophene rings is 1. The molecule has 0 aliphatic carbocycles. The second-order valence-corrected chi connectivity index (χ2v) is 11.0. The van der Waals surface area contributed by atoms with E-state index in [1.165, 1.54) is 20.2 Å². The molecule has 186 valence electrons. The molecule has 0 aliphatic heterocycles. The summed E-state index contributed by atoms with van der Waals surface area (Å²) >= 11 is 1.79. The van der Waals surface area contributed by atoms with Crippen LogP contribution in [0.3, 0.4) is 0 Å². The summed E-state index contributed by atoms with van der Waals surface area (Å²) in [6, 6.07) is 46.5. The van der Waals surface area contributed by atoms with Gasteiger partial charge in [0, 0.05) is 42.1 Å². The van der Waals surface area contributed by atoms with Crippen molar-refractivity contribution < 1.29 is 4.42 Å². The molecule has 40 heavy (non-hydrogen) atoms. The van der Waals surface area contributed by atoms with E-state index in [-0.39, 0.29) is 0 Å². The molecule has 0 spiro atoms. The van der Waals surface area contributed by atoms with Crippen molar-refractivity contribution in [3.63, 3.8) is 0 Å². The van der Waals surface area contributed by atoms with Gasteiger partial charge in [-0.15, -0.1) is 11.3 Å². The van der Waals surface area contributed by atoms with Crippen molar-refractivity contribution in [3.8, 4) is 39.4 Å². The van der Waals surface area contributed by atoms with E-state index in [1.807, 2.05) is 48.5 Å². The molecule has 8 rings (SSSR count). The van der Waals surface area contributed by atoms with Crippen LogP contribution in [-0.2, 0) is 0 Å². The molecule has 0 amide bonds. The molecule has 2 nitrogen and oxygen atoms in total. The standard InChI is InChI=1S/C37H21NOS/c38-22-30-24(25-15-9-19-34-37(25)29-13-5-7-18-33(29)40-34)20-21-27(35(30)23-10-2-1-3-11-23)26-14-8-17-32-36(26)28-12-4-6-16-31(28)39-32/h1-21H. The molecule has 0 N–H and O–H groups in total. The number of fused-ring (bicyclic) bond motifs is 6. The molecule has 0 aliphatic rings. The summed E-state index contributed by atoms with van der Waals surface area (Å²) in [5, 5.41) is 15.4. The van der Waals surface area contributed by atoms with E-state index in [2.05, 4.69) is 84.9 Å². The summed E-state index contributed by atoms with van der Waals surface area (Å²) in [5.74, 6) is 0. The average molecular weight is 528 g/mol. The van der Waals surface area contributed by atoms with Crippen LogP contribution in [0.5, 0.6) is 0 Å². The Kier molecular flexibility index (Phi) is 5.10. The van der Waals surface area contributed by atoms with Crippen molar-refractivity contribution in [1.29, 1.82) is 5.26 Å². The number of rotatable bonds is 3. The van der Waals surface area contributed by atoms with E-state index in [1.54, 1.807) is 11.3 Å². The lowest BCUT2D eigenvalue weighted by atomic mass is 9.84. The van der Waals surface area contributed by atoms with Crippen LogP contribution < -0.4 is 0 Å². The minimum absolute atomic E-state index is 0.677. The van der Waals surface area contributed by atoms with Gasteiger partial charge in [0.25, 0.3) is 0 Å². The third-order valence-electron chi connectivity index (χ3n) is 7.77. The Morgan fingerprint density at radius 3 is 2.00 bits per heavy atom. The van der Waals surface area contributed by atoms with Gasteiger partial charge in [0.2, 0.25) is 0 Å². The van der Waals surface area contributed by atoms with E-state index in [4.69, 9.17) is 4.42 Å². The predicted molar refractivity (Wildman–Crippen MR) is 168 cm³/mol. The lowest BCUT2D eigenvalue weighted by Gasteiger charge is -2.17. The number of furan rings is 1. The van der Waals surface area contributed by atoms with Crippen LogP contribution in [0.2, 0.25) is 0 Å². The Hall–Kier alpha value is -5.17. The minimum atomic E-state index is 0.677. The third kappa shape index (κ3) is 3.34. The SMILES string of the molecule is N#Cc1c(-c2cccc3sc4ccccc4c23)ccc(-c2cccc3oc4ccccc4c23)c1-c1ccccc1. The highest BCUT2D eigenvalue weighted by atomic mass is 32.1. The maximum absolute atomic E-state index is 10.8. The first-order chi connectivity index (χ1) is 19.8. The number of para-hydroxylation sites is 1. The molecular formula is C37H21NOS. The smallest absolute Gasteiger partial charge is 0.136 e. The van der Waals surface area contributed by atoms with E-state index >= 15 is 0 Å². The Bertz CT molecular complexity index is 2280. The summed E-state index contributed by atoms with van der Waals surface area (Å²) in [7, 11) is 0. The molecule has 0 atom stereocenters. The number of hydrogen-bond donors (Lipinski definition) is 0. The van der Waals surface area contributed by atoms with Gasteiger partial charge < -0.3 is 4.42 Å². The van der Waals surface area contributed by atoms with E-state index in [9.17, 15) is 5.26 Å². The van der Waals surface area contributed by atoms with Crippen LogP contribution in [0.1, 0.15) is 5.56 Å². The van der Waals surface area contributed by atoms with Crippen molar-refractivity contribution in [2.75, 3.05) is 0 Å². The molecule has 0 bridgehead atoms. The number of nitriles is 1. The topological polar surface area (TPSA) is 36.9 Å². The van der Waals surface area contributed by atoms with Crippen molar-refractivity contribution in [3.05, 3.63) is 133 Å². The van der Waals surface area contributed by atoms with Crippen LogP contribution in [0.4, 0.5) is 0 Å². The van der Waals surface area contributed by atoms with Crippen molar-refractivity contribution in [2.24, 2.45) is 0 Å². The van der Waals surface area contributed by atoms with Gasteiger partial charge in [0.05, 0.1) is 5.56 Å². The molecule has 0 saturated carbocycles. The molecule has 8 aromatic rings. The first-order valence-electron chi connectivity index (χ1n) is 13.3. The summed E-state index contributed by atoms with van der Waals surface area (Å²) in [5.41, 5.74) is 8.45. The predicted octanol–water partition coefficient (Wildman–Crippen LogP) is 10.8. The quantitative estimate of drug-likeness (QED) is 0.229. The maximum atomic E-state index is 10.8. The highest BCUT2D eigenvalue weighted by Crippen LogP contribution is 2.46. The van der Waals surface area contributed by atoms with Gasteiger partial charge in [-0.2, -0.15) is 5.26 Å². The van der Waals surface area contributed by atoms with Crippen LogP contribution in [0, 0.1) is 11.3 Å². The molecule has 2 heterocycles. The van der Waals surface area contributed by atoms with E-state index < -0.39 is 0 Å². The molecule has 0 radical (unpaired) electrons. The summed E-state index contributed by atoms with van der Waals surface area (Å²) in [6.07, 6.45) is 0. The monoisotopic (exact) mass is 527 g/mol. The van der Waals surface area contributed by atoms with E-state index in [0.29, 0.717) is 5.56 Å². The number of nitrogens with zero attached hydrogens (tertiary/aromatic N) is 1. The Morgan fingerprint density at radius 2 is 1.15 bits per heavy atom. The molecule has 6 aromatic carbocycles. The second-order valence-electron chi connectivity index (χ2n) is 9.94. The highest BCUT2D eigenvalue weighted by Gasteiger charge is 2.22. The van der Waals surface area contributed by atoms with Gasteiger partial charge in [-0.05, 0) is 46.5 Å². The van der Waals surface area contributed by atoms with Gasteiger partial charge in [-0.1, -0.05) is 103 Å². The lowest BCUT2D eigenvalue weighted by Crippen LogP contribution is -1.95. The molecule has 0 saturated heterocycles. The van der Waals surface area contributed by atoms with Crippen molar-refractivity contribution in [1.82, 2.24) is 0 Å². The van der Waals surface area contributed by atoms with E-state index in [0.717, 1.165) is 55.3 Å². The zero-order chi connectivity index (χ0) is 26.6. The van der Waals surface area contributed by atoms with Gasteiger partial charge in [0.1, 0.15) is 17.2 Å². The highest BCUT2D eigenvalue weighted by molar-refractivity contribution is 7.25. The first kappa shape index (κ1) is 22.8. The summed E-state index contributed by atoms with van der Waals surface area (Å²) < 4.78 is 8.70. The second kappa shape index (κ2) is 8.95. The summed E-state index contributed by atoms with van der Waals surface area (Å²) in [4.78, 5) is 0. The van der Waals surface area contributed by atoms with Crippen LogP contribution in [0.25, 0.3) is 75.5 Å². The molecular weight excluding hydrogens is 506 g/mol. The van der Waals surface area contributed by atoms with Crippen LogP contribution in [-0.4, -0.2) is 0 Å². The van der Waals surface area contributed by atoms with Gasteiger partial charge >= 0.3 is 0 Å². The molecule has 2 aromatic heterocycles. The molecule has 3 heteroatoms. The maximum Gasteiger partial charge on any atom is 0.136 e. The fourth-order valence-corrected chi connectivity index (χ4v) is 7.20. The number of hydrogen-bond acceptors (Lipinski definition) is 3. The first-order valence-corrected chi connectivity index (χ1v) is 14.1. The Balaban J connectivity index is 1.49. The van der Waals surface area contributed by atoms with Crippen LogP contribution >= 0.6 is 11.3 Å². The van der Waals surface area contributed by atoms with Gasteiger partial charge in [-0.3, -0.25) is 0 Å². The largest absolute Gasteiger partial charge is 0.456 e. The number of benzene rings is 6. The fraction of sp³-hybridized carbons (Fsp3) is 0. The summed E-state index contributed by atoms with van der Waals surface area (Å²) in [6.45, 7) is 0. The van der Waals surface area contributed by atoms with Crippen molar-refractivity contribution >= 4 is 53.4 Å². The van der Waals surface area contributed by atoms with Gasteiger partial charge in [0.15, 0.2) is 0 Å². The minimum Gasteiger partial charge on any atom is -0.456 e. The normalized spacial score (nSPS) is 11.5. The van der Waals surface area contributed by atoms with Gasteiger partial charge in [-0.25, -0.2) is 0 Å². The van der Waals surface area contributed by atoms with Crippen molar-refractivity contribution in [2.45, 2.75) is 0 Å². The third-order valence-corrected chi connectivity index (χ3v) is 8.90. The lowest BCUT2D eigenvalue weighted by molar-refractivity contribution is 0.669.